The van der Waals surface area contributed by atoms with E-state index >= 15 is 0 Å². The van der Waals surface area contributed by atoms with Crippen molar-refractivity contribution in [1.82, 2.24) is 14.9 Å². The van der Waals surface area contributed by atoms with E-state index in [1.807, 2.05) is 18.2 Å². The first-order valence-electron chi connectivity index (χ1n) is 12.6. The van der Waals surface area contributed by atoms with E-state index in [1.165, 1.54) is 11.8 Å². The van der Waals surface area contributed by atoms with E-state index in [4.69, 9.17) is 17.5 Å². The maximum absolute atomic E-state index is 13.7. The summed E-state index contributed by atoms with van der Waals surface area (Å²) in [6, 6.07) is 10.3. The minimum Gasteiger partial charge on any atom is -0.358 e. The Hall–Kier alpha value is -3.49. The molecule has 11 heteroatoms. The molecule has 0 atom stereocenters. The first-order valence-corrected chi connectivity index (χ1v) is 13.0. The number of pyridine rings is 1. The van der Waals surface area contributed by atoms with Crippen molar-refractivity contribution in [3.05, 3.63) is 53.5 Å². The van der Waals surface area contributed by atoms with Crippen molar-refractivity contribution in [3.63, 3.8) is 0 Å². The van der Waals surface area contributed by atoms with Crippen LogP contribution in [0.15, 0.2) is 36.5 Å². The molecule has 1 aromatic carbocycles. The number of hydrogen-bond acceptors (Lipinski definition) is 5. The molecule has 2 aliphatic heterocycles. The maximum Gasteiger partial charge on any atom is 0.419 e. The lowest BCUT2D eigenvalue weighted by molar-refractivity contribution is -0.138. The van der Waals surface area contributed by atoms with Crippen molar-refractivity contribution in [3.8, 4) is 6.07 Å². The number of carbonyl (C=O) groups excluding carboxylic acids is 1. The second-order valence-electron chi connectivity index (χ2n) is 10.4. The zero-order valence-electron chi connectivity index (χ0n) is 20.7. The van der Waals surface area contributed by atoms with Crippen molar-refractivity contribution in [2.45, 2.75) is 49.7 Å². The van der Waals surface area contributed by atoms with Gasteiger partial charge in [-0.2, -0.15) is 18.4 Å². The van der Waals surface area contributed by atoms with Gasteiger partial charge in [0, 0.05) is 28.2 Å². The van der Waals surface area contributed by atoms with Crippen molar-refractivity contribution in [2.75, 3.05) is 29.9 Å². The smallest absolute Gasteiger partial charge is 0.358 e. The molecule has 2 aromatic heterocycles. The van der Waals surface area contributed by atoms with Gasteiger partial charge in [0.25, 0.3) is 5.91 Å². The molecule has 1 spiro atoms. The number of piperidine rings is 1. The van der Waals surface area contributed by atoms with Crippen molar-refractivity contribution >= 4 is 45.5 Å². The minimum absolute atomic E-state index is 0.0904. The molecule has 196 valence electrons. The number of benzene rings is 1. The third-order valence-electron chi connectivity index (χ3n) is 8.18. The molecule has 7 nitrogen and oxygen atoms in total. The van der Waals surface area contributed by atoms with Crippen LogP contribution in [0.4, 0.5) is 24.5 Å². The number of aromatic nitrogens is 2. The average molecular weight is 539 g/mol. The lowest BCUT2D eigenvalue weighted by Crippen LogP contribution is -2.55. The lowest BCUT2D eigenvalue weighted by atomic mass is 9.75. The predicted octanol–water partition coefficient (Wildman–Crippen LogP) is 5.32. The number of anilines is 2. The summed E-state index contributed by atoms with van der Waals surface area (Å²) in [5.74, 6) is 0.0891. The van der Waals surface area contributed by atoms with Crippen LogP contribution in [-0.2, 0) is 11.0 Å². The summed E-state index contributed by atoms with van der Waals surface area (Å²) in [5.41, 5.74) is -0.0587. The van der Waals surface area contributed by atoms with Gasteiger partial charge in [-0.05, 0) is 94.8 Å². The summed E-state index contributed by atoms with van der Waals surface area (Å²) < 4.78 is 40.9. The molecule has 1 amide bonds. The molecular formula is C27H25F3N6OS. The number of H-pyrrole nitrogens is 1. The van der Waals surface area contributed by atoms with Crippen LogP contribution < -0.4 is 9.80 Å². The van der Waals surface area contributed by atoms with Gasteiger partial charge in [0.2, 0.25) is 0 Å². The highest BCUT2D eigenvalue weighted by atomic mass is 32.1. The average Bonchev–Trinajstić information content (AvgIpc) is 3.39. The highest BCUT2D eigenvalue weighted by Gasteiger charge is 2.59. The molecule has 3 fully saturated rings. The Morgan fingerprint density at radius 3 is 2.53 bits per heavy atom. The quantitative estimate of drug-likeness (QED) is 0.455. The van der Waals surface area contributed by atoms with Gasteiger partial charge in [-0.3, -0.25) is 9.69 Å². The number of thiocarbonyl (C=S) groups is 1. The van der Waals surface area contributed by atoms with E-state index in [1.54, 1.807) is 4.90 Å². The van der Waals surface area contributed by atoms with Gasteiger partial charge in [0.05, 0.1) is 17.4 Å². The van der Waals surface area contributed by atoms with Crippen molar-refractivity contribution in [1.29, 1.82) is 5.26 Å². The van der Waals surface area contributed by atoms with Crippen LogP contribution in [0.5, 0.6) is 0 Å². The molecule has 4 heterocycles. The fourth-order valence-corrected chi connectivity index (χ4v) is 6.38. The van der Waals surface area contributed by atoms with Gasteiger partial charge in [-0.25, -0.2) is 4.98 Å². The van der Waals surface area contributed by atoms with Crippen LogP contribution in [0.3, 0.4) is 0 Å². The number of nitrogens with one attached hydrogen (secondary N) is 1. The number of carbonyl (C=O) groups is 1. The molecule has 38 heavy (non-hydrogen) atoms. The Balaban J connectivity index is 1.37. The maximum atomic E-state index is 13.7. The van der Waals surface area contributed by atoms with Gasteiger partial charge in [-0.15, -0.1) is 0 Å². The zero-order valence-corrected chi connectivity index (χ0v) is 21.5. The van der Waals surface area contributed by atoms with Gasteiger partial charge in [-0.1, -0.05) is 0 Å². The number of aromatic amines is 1. The predicted molar refractivity (Wildman–Crippen MR) is 141 cm³/mol. The van der Waals surface area contributed by atoms with E-state index < -0.39 is 23.0 Å². The number of nitriles is 1. The van der Waals surface area contributed by atoms with Gasteiger partial charge < -0.3 is 14.8 Å². The highest BCUT2D eigenvalue weighted by molar-refractivity contribution is 7.81. The monoisotopic (exact) mass is 538 g/mol. The number of alkyl halides is 3. The van der Waals surface area contributed by atoms with E-state index in [0.717, 1.165) is 66.1 Å². The highest BCUT2D eigenvalue weighted by Crippen LogP contribution is 2.48. The Morgan fingerprint density at radius 2 is 1.89 bits per heavy atom. The topological polar surface area (TPSA) is 79.3 Å². The SMILES string of the molecule is CN1CCC(c2cc3cc(N4C(=S)N(c5cnc(C#N)c(C(F)(F)F)c5)C(=O)C45CCC5)ccc3[nH]2)CC1. The summed E-state index contributed by atoms with van der Waals surface area (Å²) in [6.45, 7) is 2.10. The summed E-state index contributed by atoms with van der Waals surface area (Å²) in [4.78, 5) is 26.2. The molecule has 3 aromatic rings. The largest absolute Gasteiger partial charge is 0.419 e. The zero-order chi connectivity index (χ0) is 26.8. The van der Waals surface area contributed by atoms with E-state index in [9.17, 15) is 18.0 Å². The molecule has 1 N–H and O–H groups in total. The van der Waals surface area contributed by atoms with Crippen LogP contribution in [0, 0.1) is 11.3 Å². The molecule has 1 saturated carbocycles. The lowest BCUT2D eigenvalue weighted by Gasteiger charge is -2.43. The van der Waals surface area contributed by atoms with E-state index in [0.29, 0.717) is 18.8 Å². The molecule has 0 radical (unpaired) electrons. The van der Waals surface area contributed by atoms with Crippen LogP contribution in [0.25, 0.3) is 10.9 Å². The van der Waals surface area contributed by atoms with Gasteiger partial charge >= 0.3 is 6.18 Å². The fraction of sp³-hybridized carbons (Fsp3) is 0.407. The third kappa shape index (κ3) is 3.77. The molecule has 3 aliphatic rings. The number of halogens is 3. The first kappa shape index (κ1) is 24.8. The number of amides is 1. The molecule has 0 bridgehead atoms. The summed E-state index contributed by atoms with van der Waals surface area (Å²) in [5, 5.41) is 10.2. The molecule has 2 saturated heterocycles. The van der Waals surface area contributed by atoms with Crippen molar-refractivity contribution < 1.29 is 18.0 Å². The van der Waals surface area contributed by atoms with E-state index in [-0.39, 0.29) is 16.7 Å². The van der Waals surface area contributed by atoms with E-state index in [2.05, 4.69) is 28.0 Å². The summed E-state index contributed by atoms with van der Waals surface area (Å²) in [6.07, 6.45) is 0.378. The number of likely N-dealkylation sites (tertiary alicyclic amines) is 1. The molecule has 1 aliphatic carbocycles. The van der Waals surface area contributed by atoms with Gasteiger partial charge in [0.15, 0.2) is 10.8 Å². The molecular weight excluding hydrogens is 513 g/mol. The number of nitrogens with zero attached hydrogens (tertiary/aromatic N) is 5. The Kier molecular flexibility index (Phi) is 5.74. The first-order chi connectivity index (χ1) is 18.1. The number of fused-ring (bicyclic) bond motifs is 1. The van der Waals surface area contributed by atoms with Crippen molar-refractivity contribution in [2.24, 2.45) is 0 Å². The second kappa shape index (κ2) is 8.78. The molecule has 6 rings (SSSR count). The standard InChI is InChI=1S/C27H25F3N6OS/c1-34-9-5-16(6-10-34)22-12-17-11-18(3-4-21(17)33-22)36-25(38)35(24(37)26(36)7-2-8-26)19-13-20(27(28,29)30)23(14-31)32-15-19/h3-4,11-13,15-16,33H,2,5-10H2,1H3. The third-order valence-corrected chi connectivity index (χ3v) is 8.54. The number of hydrogen-bond donors (Lipinski definition) is 1. The molecule has 0 unspecified atom stereocenters. The summed E-state index contributed by atoms with van der Waals surface area (Å²) in [7, 11) is 2.13. The van der Waals surface area contributed by atoms with Crippen LogP contribution in [0.1, 0.15) is 55.0 Å². The fourth-order valence-electron chi connectivity index (χ4n) is 5.91. The van der Waals surface area contributed by atoms with Crippen LogP contribution >= 0.6 is 12.2 Å². The van der Waals surface area contributed by atoms with Gasteiger partial charge in [0.1, 0.15) is 11.6 Å². The van der Waals surface area contributed by atoms with Crippen LogP contribution in [-0.4, -0.2) is 51.6 Å². The summed E-state index contributed by atoms with van der Waals surface area (Å²) >= 11 is 5.74. The minimum atomic E-state index is -4.79. The normalized spacial score (nSPS) is 20.4. The Morgan fingerprint density at radius 1 is 1.16 bits per heavy atom. The Bertz CT molecular complexity index is 1500. The Labute approximate surface area is 222 Å². The number of rotatable bonds is 3. The van der Waals surface area contributed by atoms with Crippen LogP contribution in [0.2, 0.25) is 0 Å². The second-order valence-corrected chi connectivity index (χ2v) is 10.8.